The van der Waals surface area contributed by atoms with Gasteiger partial charge in [-0.05, 0) is 6.42 Å². The smallest absolute Gasteiger partial charge is 0.305 e. The SMILES string of the molecule is CCCCCCCCCCCCCCCCCCCCCCC(=O)OC[C@H](COP(=O)([O-])OCC[N+](C)(C)C)OC(C)=O. The van der Waals surface area contributed by atoms with Crippen molar-refractivity contribution in [1.29, 1.82) is 0 Å². The number of quaternary nitrogens is 1. The predicted molar refractivity (Wildman–Crippen MR) is 172 cm³/mol. The van der Waals surface area contributed by atoms with Gasteiger partial charge in [0, 0.05) is 13.3 Å². The van der Waals surface area contributed by atoms with E-state index in [1.165, 1.54) is 116 Å². The minimum Gasteiger partial charge on any atom is -0.756 e. The third kappa shape index (κ3) is 32.2. The highest BCUT2D eigenvalue weighted by Crippen LogP contribution is 2.38. The van der Waals surface area contributed by atoms with Gasteiger partial charge in [-0.3, -0.25) is 14.2 Å². The first-order valence-electron chi connectivity index (χ1n) is 17.2. The van der Waals surface area contributed by atoms with E-state index in [0.717, 1.165) is 19.3 Å². The zero-order valence-corrected chi connectivity index (χ0v) is 29.3. The van der Waals surface area contributed by atoms with Crippen molar-refractivity contribution in [2.75, 3.05) is 47.5 Å². The molecule has 0 bridgehead atoms. The quantitative estimate of drug-likeness (QED) is 0.0327. The fourth-order valence-electron chi connectivity index (χ4n) is 4.77. The summed E-state index contributed by atoms with van der Waals surface area (Å²) in [5, 5.41) is 0. The summed E-state index contributed by atoms with van der Waals surface area (Å²) in [6, 6.07) is 0. The van der Waals surface area contributed by atoms with E-state index in [9.17, 15) is 19.0 Å². The molecule has 0 spiro atoms. The molecule has 1 unspecified atom stereocenters. The van der Waals surface area contributed by atoms with E-state index in [-0.39, 0.29) is 19.6 Å². The van der Waals surface area contributed by atoms with Crippen LogP contribution >= 0.6 is 7.82 Å². The van der Waals surface area contributed by atoms with Gasteiger partial charge in [-0.15, -0.1) is 0 Å². The topological polar surface area (TPSA) is 111 Å². The zero-order chi connectivity index (χ0) is 32.2. The van der Waals surface area contributed by atoms with Gasteiger partial charge in [0.2, 0.25) is 0 Å². The first-order chi connectivity index (χ1) is 20.4. The molecule has 0 N–H and O–H groups in total. The van der Waals surface area contributed by atoms with Crippen LogP contribution in [-0.2, 0) is 32.7 Å². The summed E-state index contributed by atoms with van der Waals surface area (Å²) in [6.45, 7) is 3.17. The Morgan fingerprint density at radius 3 is 1.49 bits per heavy atom. The molecule has 0 aromatic heterocycles. The van der Waals surface area contributed by atoms with E-state index >= 15 is 0 Å². The highest BCUT2D eigenvalue weighted by Gasteiger charge is 2.20. The van der Waals surface area contributed by atoms with Crippen LogP contribution in [-0.4, -0.2) is 70.0 Å². The second-order valence-electron chi connectivity index (χ2n) is 13.0. The fourth-order valence-corrected chi connectivity index (χ4v) is 5.50. The van der Waals surface area contributed by atoms with Gasteiger partial charge < -0.3 is 27.9 Å². The van der Waals surface area contributed by atoms with Crippen molar-refractivity contribution in [3.05, 3.63) is 0 Å². The molecule has 256 valence electrons. The summed E-state index contributed by atoms with van der Waals surface area (Å²) in [4.78, 5) is 35.5. The lowest BCUT2D eigenvalue weighted by molar-refractivity contribution is -0.870. The average Bonchev–Trinajstić information content (AvgIpc) is 2.92. The van der Waals surface area contributed by atoms with Crippen LogP contribution in [0.15, 0.2) is 0 Å². The molecule has 0 aliphatic heterocycles. The summed E-state index contributed by atoms with van der Waals surface area (Å²) >= 11 is 0. The Kier molecular flexibility index (Phi) is 26.7. The first kappa shape index (κ1) is 42.0. The number of carbonyl (C=O) groups excluding carboxylic acids is 2. The molecule has 0 aromatic rings. The number of ether oxygens (including phenoxy) is 2. The summed E-state index contributed by atoms with van der Waals surface area (Å²) < 4.78 is 32.5. The molecule has 0 radical (unpaired) electrons. The average molecular weight is 636 g/mol. The van der Waals surface area contributed by atoms with E-state index < -0.39 is 32.5 Å². The lowest BCUT2D eigenvalue weighted by Gasteiger charge is -2.28. The maximum Gasteiger partial charge on any atom is 0.305 e. The Morgan fingerprint density at radius 1 is 0.674 bits per heavy atom. The standard InChI is InChI=1S/C33H66NO8P/c1-6-7-8-9-10-11-12-13-14-15-16-17-18-19-20-21-22-23-24-25-26-33(36)39-29-32(42-31(2)35)30-41-43(37,38)40-28-27-34(3,4)5/h32H,6-30H2,1-5H3/t32-/m1/s1. The lowest BCUT2D eigenvalue weighted by atomic mass is 10.0. The van der Waals surface area contributed by atoms with Crippen molar-refractivity contribution < 1.29 is 42.1 Å². The van der Waals surface area contributed by atoms with Gasteiger partial charge in [0.25, 0.3) is 7.82 Å². The first-order valence-corrected chi connectivity index (χ1v) is 18.6. The van der Waals surface area contributed by atoms with Gasteiger partial charge in [0.05, 0.1) is 27.7 Å². The maximum atomic E-state index is 12.1. The fraction of sp³-hybridized carbons (Fsp3) is 0.939. The van der Waals surface area contributed by atoms with Crippen molar-refractivity contribution in [1.82, 2.24) is 0 Å². The largest absolute Gasteiger partial charge is 0.756 e. The van der Waals surface area contributed by atoms with Crippen LogP contribution in [0, 0.1) is 0 Å². The van der Waals surface area contributed by atoms with Crippen molar-refractivity contribution in [3.63, 3.8) is 0 Å². The molecular weight excluding hydrogens is 569 g/mol. The van der Waals surface area contributed by atoms with E-state index in [1.807, 2.05) is 21.1 Å². The highest BCUT2D eigenvalue weighted by molar-refractivity contribution is 7.45. The molecule has 0 heterocycles. The Bertz CT molecular complexity index is 728. The molecule has 2 atom stereocenters. The number of unbranched alkanes of at least 4 members (excludes halogenated alkanes) is 19. The maximum absolute atomic E-state index is 12.1. The molecule has 9 nitrogen and oxygen atoms in total. The number of carbonyl (C=O) groups is 2. The molecule has 0 rings (SSSR count). The van der Waals surface area contributed by atoms with Crippen molar-refractivity contribution in [3.8, 4) is 0 Å². The van der Waals surface area contributed by atoms with E-state index in [4.69, 9.17) is 18.5 Å². The van der Waals surface area contributed by atoms with E-state index in [0.29, 0.717) is 11.0 Å². The van der Waals surface area contributed by atoms with Crippen LogP contribution < -0.4 is 4.89 Å². The van der Waals surface area contributed by atoms with Gasteiger partial charge in [0.15, 0.2) is 6.10 Å². The minimum atomic E-state index is -4.57. The van der Waals surface area contributed by atoms with Crippen LogP contribution in [0.1, 0.15) is 149 Å². The molecule has 0 aliphatic rings. The summed E-state index contributed by atoms with van der Waals surface area (Å²) in [5.41, 5.74) is 0. The zero-order valence-electron chi connectivity index (χ0n) is 28.4. The molecule has 0 aliphatic carbocycles. The number of phosphoric ester groups is 1. The van der Waals surface area contributed by atoms with Crippen molar-refractivity contribution in [2.45, 2.75) is 155 Å². The molecule has 43 heavy (non-hydrogen) atoms. The molecule has 0 saturated carbocycles. The number of nitrogens with zero attached hydrogens (tertiary/aromatic N) is 1. The Hall–Kier alpha value is -0.990. The monoisotopic (exact) mass is 635 g/mol. The summed E-state index contributed by atoms with van der Waals surface area (Å²) in [6.07, 6.45) is 25.2. The van der Waals surface area contributed by atoms with Gasteiger partial charge >= 0.3 is 11.9 Å². The van der Waals surface area contributed by atoms with Gasteiger partial charge in [-0.25, -0.2) is 0 Å². The highest BCUT2D eigenvalue weighted by atomic mass is 31.2. The molecule has 0 saturated heterocycles. The number of phosphoric acid groups is 1. The van der Waals surface area contributed by atoms with Crippen LogP contribution in [0.2, 0.25) is 0 Å². The molecular formula is C33H66NO8P. The Labute approximate surface area is 264 Å². The molecule has 0 amide bonds. The second-order valence-corrected chi connectivity index (χ2v) is 14.4. The van der Waals surface area contributed by atoms with E-state index in [1.54, 1.807) is 0 Å². The van der Waals surface area contributed by atoms with Crippen LogP contribution in [0.5, 0.6) is 0 Å². The predicted octanol–water partition coefficient (Wildman–Crippen LogP) is 7.88. The van der Waals surface area contributed by atoms with Gasteiger partial charge in [-0.2, -0.15) is 0 Å². The van der Waals surface area contributed by atoms with Crippen molar-refractivity contribution in [2.24, 2.45) is 0 Å². The molecule has 0 fully saturated rings. The van der Waals surface area contributed by atoms with Crippen LogP contribution in [0.25, 0.3) is 0 Å². The van der Waals surface area contributed by atoms with Crippen LogP contribution in [0.3, 0.4) is 0 Å². The Morgan fingerprint density at radius 2 is 1.09 bits per heavy atom. The number of rotatable bonds is 31. The molecule has 0 aromatic carbocycles. The summed E-state index contributed by atoms with van der Waals surface area (Å²) in [5.74, 6) is -1.02. The third-order valence-electron chi connectivity index (χ3n) is 7.43. The second kappa shape index (κ2) is 27.3. The number of hydrogen-bond acceptors (Lipinski definition) is 8. The molecule has 10 heteroatoms. The Balaban J connectivity index is 3.71. The van der Waals surface area contributed by atoms with Crippen LogP contribution in [0.4, 0.5) is 0 Å². The number of hydrogen-bond donors (Lipinski definition) is 0. The number of esters is 2. The van der Waals surface area contributed by atoms with E-state index in [2.05, 4.69) is 6.92 Å². The number of likely N-dealkylation sites (N-methyl/N-ethyl adjacent to an activating group) is 1. The minimum absolute atomic E-state index is 0.0308. The normalized spacial score (nSPS) is 13.9. The lowest BCUT2D eigenvalue weighted by Crippen LogP contribution is -2.37. The summed E-state index contributed by atoms with van der Waals surface area (Å²) in [7, 11) is 1.16. The van der Waals surface area contributed by atoms with Crippen molar-refractivity contribution >= 4 is 19.8 Å². The third-order valence-corrected chi connectivity index (χ3v) is 8.39. The van der Waals surface area contributed by atoms with Gasteiger partial charge in [0.1, 0.15) is 19.8 Å². The van der Waals surface area contributed by atoms with Gasteiger partial charge in [-0.1, -0.05) is 129 Å².